The Morgan fingerprint density at radius 2 is 2.00 bits per heavy atom. The topological polar surface area (TPSA) is 81.1 Å². The first-order valence-corrected chi connectivity index (χ1v) is 6.87. The predicted octanol–water partition coefficient (Wildman–Crippen LogP) is 2.63. The summed E-state index contributed by atoms with van der Waals surface area (Å²) in [5.41, 5.74) is 2.98. The Labute approximate surface area is 129 Å². The molecule has 0 saturated heterocycles. The van der Waals surface area contributed by atoms with Crippen molar-refractivity contribution in [2.24, 2.45) is 0 Å². The zero-order valence-electron chi connectivity index (χ0n) is 12.1. The van der Waals surface area contributed by atoms with Crippen molar-refractivity contribution in [2.75, 3.05) is 12.4 Å². The van der Waals surface area contributed by atoms with Gasteiger partial charge >= 0.3 is 6.14 Å². The SMILES string of the molecule is CNc1ccc2nc(-c3cccc(-c4noc(F)n4)c3)cn2n1. The summed E-state index contributed by atoms with van der Waals surface area (Å²) in [6, 6.07) is 11.1. The Kier molecular flexibility index (Phi) is 3.00. The van der Waals surface area contributed by atoms with Crippen LogP contribution >= 0.6 is 0 Å². The predicted molar refractivity (Wildman–Crippen MR) is 81.2 cm³/mol. The van der Waals surface area contributed by atoms with Crippen molar-refractivity contribution < 1.29 is 8.91 Å². The second-order valence-corrected chi connectivity index (χ2v) is 4.85. The lowest BCUT2D eigenvalue weighted by Crippen LogP contribution is -1.96. The minimum absolute atomic E-state index is 0.198. The van der Waals surface area contributed by atoms with Gasteiger partial charge in [-0.3, -0.25) is 0 Å². The van der Waals surface area contributed by atoms with Crippen LogP contribution < -0.4 is 5.32 Å². The first-order valence-electron chi connectivity index (χ1n) is 6.87. The molecule has 0 radical (unpaired) electrons. The molecule has 8 heteroatoms. The lowest BCUT2D eigenvalue weighted by atomic mass is 10.1. The summed E-state index contributed by atoms with van der Waals surface area (Å²) in [5, 5.41) is 10.9. The van der Waals surface area contributed by atoms with Gasteiger partial charge in [0.25, 0.3) is 0 Å². The van der Waals surface area contributed by atoms with Crippen LogP contribution in [0.4, 0.5) is 10.2 Å². The van der Waals surface area contributed by atoms with E-state index < -0.39 is 6.14 Å². The first kappa shape index (κ1) is 13.4. The molecule has 0 saturated carbocycles. The monoisotopic (exact) mass is 310 g/mol. The minimum Gasteiger partial charge on any atom is -0.372 e. The molecule has 23 heavy (non-hydrogen) atoms. The highest BCUT2D eigenvalue weighted by atomic mass is 19.1. The minimum atomic E-state index is -0.957. The Morgan fingerprint density at radius 1 is 1.13 bits per heavy atom. The van der Waals surface area contributed by atoms with Crippen LogP contribution in [0.5, 0.6) is 0 Å². The molecule has 4 rings (SSSR count). The van der Waals surface area contributed by atoms with E-state index >= 15 is 0 Å². The fraction of sp³-hybridized carbons (Fsp3) is 0.0667. The lowest BCUT2D eigenvalue weighted by molar-refractivity contribution is 0.269. The zero-order chi connectivity index (χ0) is 15.8. The van der Waals surface area contributed by atoms with Crippen LogP contribution in [0.2, 0.25) is 0 Å². The van der Waals surface area contributed by atoms with E-state index in [1.165, 1.54) is 0 Å². The number of imidazole rings is 1. The second kappa shape index (κ2) is 5.16. The molecule has 1 N–H and O–H groups in total. The molecule has 0 unspecified atom stereocenters. The third kappa shape index (κ3) is 2.39. The van der Waals surface area contributed by atoms with Crippen molar-refractivity contribution >= 4 is 11.5 Å². The van der Waals surface area contributed by atoms with Crippen LogP contribution in [0.3, 0.4) is 0 Å². The normalized spacial score (nSPS) is 11.0. The van der Waals surface area contributed by atoms with E-state index in [2.05, 4.69) is 30.1 Å². The van der Waals surface area contributed by atoms with Crippen molar-refractivity contribution in [3.63, 3.8) is 0 Å². The number of nitrogens with one attached hydrogen (secondary N) is 1. The molecule has 7 nitrogen and oxygen atoms in total. The van der Waals surface area contributed by atoms with Crippen LogP contribution in [-0.2, 0) is 0 Å². The molecular formula is C15H11FN6O. The zero-order valence-corrected chi connectivity index (χ0v) is 12.1. The van der Waals surface area contributed by atoms with Crippen LogP contribution in [0, 0.1) is 6.14 Å². The fourth-order valence-electron chi connectivity index (χ4n) is 2.29. The molecule has 3 heterocycles. The third-order valence-electron chi connectivity index (χ3n) is 3.39. The Morgan fingerprint density at radius 3 is 2.78 bits per heavy atom. The van der Waals surface area contributed by atoms with Crippen LogP contribution in [0.15, 0.2) is 47.1 Å². The largest absolute Gasteiger partial charge is 0.405 e. The Balaban J connectivity index is 1.78. The molecule has 0 bridgehead atoms. The number of hydrogen-bond donors (Lipinski definition) is 1. The standard InChI is InChI=1S/C15H11FN6O/c1-17-12-5-6-13-18-11(8-22(13)20-12)9-3-2-4-10(7-9)14-19-15(16)23-21-14/h2-8H,1H3,(H,17,20). The number of fused-ring (bicyclic) bond motifs is 1. The molecule has 0 aliphatic heterocycles. The third-order valence-corrected chi connectivity index (χ3v) is 3.39. The van der Waals surface area contributed by atoms with Gasteiger partial charge in [0.1, 0.15) is 5.82 Å². The Hall–Kier alpha value is -3.29. The fourth-order valence-corrected chi connectivity index (χ4v) is 2.29. The van der Waals surface area contributed by atoms with Gasteiger partial charge in [-0.05, 0) is 18.2 Å². The molecule has 114 valence electrons. The second-order valence-electron chi connectivity index (χ2n) is 4.85. The van der Waals surface area contributed by atoms with Gasteiger partial charge in [0.05, 0.1) is 11.9 Å². The number of aromatic nitrogens is 5. The van der Waals surface area contributed by atoms with Crippen molar-refractivity contribution in [2.45, 2.75) is 0 Å². The van der Waals surface area contributed by atoms with E-state index in [4.69, 9.17) is 0 Å². The van der Waals surface area contributed by atoms with E-state index in [1.807, 2.05) is 36.5 Å². The molecule has 0 aliphatic carbocycles. The maximum absolute atomic E-state index is 12.9. The summed E-state index contributed by atoms with van der Waals surface area (Å²) in [4.78, 5) is 8.12. The molecule has 3 aromatic heterocycles. The van der Waals surface area contributed by atoms with E-state index in [1.54, 1.807) is 17.6 Å². The number of nitrogens with zero attached hydrogens (tertiary/aromatic N) is 5. The van der Waals surface area contributed by atoms with Gasteiger partial charge in [-0.25, -0.2) is 9.50 Å². The van der Waals surface area contributed by atoms with Gasteiger partial charge in [0.2, 0.25) is 5.82 Å². The van der Waals surface area contributed by atoms with Crippen molar-refractivity contribution in [3.8, 4) is 22.6 Å². The summed E-state index contributed by atoms with van der Waals surface area (Å²) in [5.74, 6) is 0.946. The molecular weight excluding hydrogens is 299 g/mol. The maximum atomic E-state index is 12.9. The highest BCUT2D eigenvalue weighted by Crippen LogP contribution is 2.24. The van der Waals surface area contributed by atoms with Crippen molar-refractivity contribution in [1.29, 1.82) is 0 Å². The van der Waals surface area contributed by atoms with Crippen LogP contribution in [0.25, 0.3) is 28.3 Å². The molecule has 0 aliphatic rings. The van der Waals surface area contributed by atoms with Crippen LogP contribution in [0.1, 0.15) is 0 Å². The van der Waals surface area contributed by atoms with E-state index in [0.717, 1.165) is 22.7 Å². The molecule has 0 amide bonds. The van der Waals surface area contributed by atoms with Gasteiger partial charge in [-0.1, -0.05) is 23.4 Å². The number of halogens is 1. The summed E-state index contributed by atoms with van der Waals surface area (Å²) in [7, 11) is 1.81. The number of anilines is 1. The molecule has 4 aromatic rings. The summed E-state index contributed by atoms with van der Waals surface area (Å²) < 4.78 is 18.9. The van der Waals surface area contributed by atoms with Gasteiger partial charge < -0.3 is 9.84 Å². The summed E-state index contributed by atoms with van der Waals surface area (Å²) >= 11 is 0. The Bertz CT molecular complexity index is 992. The summed E-state index contributed by atoms with van der Waals surface area (Å²) in [6.45, 7) is 0. The van der Waals surface area contributed by atoms with E-state index in [0.29, 0.717) is 5.56 Å². The molecule has 0 atom stereocenters. The number of benzene rings is 1. The molecule has 1 aromatic carbocycles. The number of hydrogen-bond acceptors (Lipinski definition) is 6. The average Bonchev–Trinajstić information content (AvgIpc) is 3.20. The van der Waals surface area contributed by atoms with Crippen molar-refractivity contribution in [3.05, 3.63) is 48.7 Å². The summed E-state index contributed by atoms with van der Waals surface area (Å²) in [6.07, 6.45) is 0.869. The van der Waals surface area contributed by atoms with Gasteiger partial charge in [-0.15, -0.1) is 9.49 Å². The smallest absolute Gasteiger partial charge is 0.372 e. The van der Waals surface area contributed by atoms with Crippen molar-refractivity contribution in [1.82, 2.24) is 24.7 Å². The number of rotatable bonds is 3. The highest BCUT2D eigenvalue weighted by Gasteiger charge is 2.11. The van der Waals surface area contributed by atoms with E-state index in [9.17, 15) is 4.39 Å². The van der Waals surface area contributed by atoms with Crippen LogP contribution in [-0.4, -0.2) is 31.8 Å². The average molecular weight is 310 g/mol. The quantitative estimate of drug-likeness (QED) is 0.626. The van der Waals surface area contributed by atoms with Gasteiger partial charge in [0.15, 0.2) is 5.65 Å². The molecule has 0 spiro atoms. The van der Waals surface area contributed by atoms with E-state index in [-0.39, 0.29) is 5.82 Å². The highest BCUT2D eigenvalue weighted by molar-refractivity contribution is 5.69. The van der Waals surface area contributed by atoms with Gasteiger partial charge in [-0.2, -0.15) is 4.98 Å². The first-order chi connectivity index (χ1) is 11.2. The van der Waals surface area contributed by atoms with Gasteiger partial charge in [0, 0.05) is 18.2 Å². The lowest BCUT2D eigenvalue weighted by Gasteiger charge is -1.98. The molecule has 0 fully saturated rings. The maximum Gasteiger partial charge on any atom is 0.405 e.